The first kappa shape index (κ1) is 15.3. The lowest BCUT2D eigenvalue weighted by atomic mass is 10.2. The fourth-order valence-corrected chi connectivity index (χ4v) is 2.03. The van der Waals surface area contributed by atoms with Gasteiger partial charge in [-0.25, -0.2) is 9.52 Å². The van der Waals surface area contributed by atoms with Gasteiger partial charge in [0.2, 0.25) is 0 Å². The van der Waals surface area contributed by atoms with E-state index in [2.05, 4.69) is 4.74 Å². The number of phenols is 1. The third kappa shape index (κ3) is 4.76. The quantitative estimate of drug-likeness (QED) is 0.836. The van der Waals surface area contributed by atoms with Gasteiger partial charge < -0.3 is 9.84 Å². The summed E-state index contributed by atoms with van der Waals surface area (Å²) in [6.07, 6.45) is -1.01. The third-order valence-corrected chi connectivity index (χ3v) is 3.61. The Morgan fingerprint density at radius 2 is 1.95 bits per heavy atom. The minimum absolute atomic E-state index is 0.0645. The van der Waals surface area contributed by atoms with Crippen LogP contribution in [0.15, 0.2) is 24.3 Å². The lowest BCUT2D eigenvalue weighted by Crippen LogP contribution is -2.41. The first-order chi connectivity index (χ1) is 8.85. The van der Waals surface area contributed by atoms with Crippen LogP contribution in [0, 0.1) is 0 Å². The van der Waals surface area contributed by atoms with Crippen LogP contribution in [-0.2, 0) is 21.5 Å². The highest BCUT2D eigenvalue weighted by atomic mass is 32.2. The van der Waals surface area contributed by atoms with E-state index in [0.29, 0.717) is 5.56 Å². The topological polar surface area (TPSA) is 95.9 Å². The van der Waals surface area contributed by atoms with Gasteiger partial charge in [-0.3, -0.25) is 0 Å². The molecule has 0 saturated heterocycles. The molecular formula is C11H16N2O5S. The zero-order valence-electron chi connectivity index (χ0n) is 10.7. The minimum atomic E-state index is -3.94. The summed E-state index contributed by atoms with van der Waals surface area (Å²) < 4.78 is 30.8. The molecule has 0 aliphatic carbocycles. The Balaban J connectivity index is 2.68. The van der Waals surface area contributed by atoms with Crippen LogP contribution < -0.4 is 4.72 Å². The maximum atomic E-state index is 11.8. The summed E-state index contributed by atoms with van der Waals surface area (Å²) in [5.41, 5.74) is 0.675. The molecule has 0 bridgehead atoms. The lowest BCUT2D eigenvalue weighted by Gasteiger charge is -2.17. The number of carbonyl (C=O) groups is 1. The van der Waals surface area contributed by atoms with Gasteiger partial charge in [-0.1, -0.05) is 12.1 Å². The van der Waals surface area contributed by atoms with Gasteiger partial charge in [-0.2, -0.15) is 12.7 Å². The van der Waals surface area contributed by atoms with Crippen LogP contribution in [0.5, 0.6) is 5.75 Å². The third-order valence-electron chi connectivity index (χ3n) is 2.24. The maximum absolute atomic E-state index is 11.8. The monoisotopic (exact) mass is 288 g/mol. The number of ether oxygens (including phenoxy) is 1. The first-order valence-corrected chi connectivity index (χ1v) is 6.98. The molecular weight excluding hydrogens is 272 g/mol. The van der Waals surface area contributed by atoms with Crippen molar-refractivity contribution in [1.29, 1.82) is 0 Å². The molecule has 0 aromatic heterocycles. The molecule has 0 fully saturated rings. The number of carbonyl (C=O) groups excluding carboxylic acids is 1. The molecule has 106 valence electrons. The molecule has 0 aliphatic heterocycles. The average Bonchev–Trinajstić information content (AvgIpc) is 2.31. The van der Waals surface area contributed by atoms with Crippen LogP contribution in [0.25, 0.3) is 0 Å². The summed E-state index contributed by atoms with van der Waals surface area (Å²) in [6, 6.07) is 6.08. The van der Waals surface area contributed by atoms with E-state index in [4.69, 9.17) is 5.11 Å². The minimum Gasteiger partial charge on any atom is -0.508 e. The van der Waals surface area contributed by atoms with E-state index in [1.54, 1.807) is 23.8 Å². The van der Waals surface area contributed by atoms with Gasteiger partial charge in [-0.15, -0.1) is 0 Å². The van der Waals surface area contributed by atoms with Gasteiger partial charge >= 0.3 is 16.3 Å². The number of aromatic hydroxyl groups is 1. The molecule has 0 spiro atoms. The van der Waals surface area contributed by atoms with Crippen molar-refractivity contribution in [1.82, 2.24) is 9.03 Å². The summed E-state index contributed by atoms with van der Waals surface area (Å²) >= 11 is 0. The maximum Gasteiger partial charge on any atom is 0.421 e. The SMILES string of the molecule is CCOC(=O)NS(=O)(=O)N(C)Cc1ccc(O)cc1. The molecule has 0 radical (unpaired) electrons. The van der Waals surface area contributed by atoms with Crippen LogP contribution >= 0.6 is 0 Å². The second kappa shape index (κ2) is 6.39. The Bertz CT molecular complexity index is 527. The fourth-order valence-electron chi connectivity index (χ4n) is 1.29. The van der Waals surface area contributed by atoms with Crippen molar-refractivity contribution in [2.45, 2.75) is 13.5 Å². The number of hydrogen-bond acceptors (Lipinski definition) is 5. The van der Waals surface area contributed by atoms with Gasteiger partial charge in [0.25, 0.3) is 0 Å². The van der Waals surface area contributed by atoms with Gasteiger partial charge in [0, 0.05) is 13.6 Å². The predicted molar refractivity (Wildman–Crippen MR) is 68.7 cm³/mol. The number of benzene rings is 1. The van der Waals surface area contributed by atoms with Gasteiger partial charge in [0.05, 0.1) is 6.61 Å². The molecule has 0 atom stereocenters. The Morgan fingerprint density at radius 1 is 1.37 bits per heavy atom. The van der Waals surface area contributed by atoms with Gasteiger partial charge in [0.1, 0.15) is 5.75 Å². The van der Waals surface area contributed by atoms with E-state index < -0.39 is 16.3 Å². The second-order valence-electron chi connectivity index (χ2n) is 3.75. The van der Waals surface area contributed by atoms with Crippen molar-refractivity contribution in [3.8, 4) is 5.75 Å². The van der Waals surface area contributed by atoms with Gasteiger partial charge in [-0.05, 0) is 24.6 Å². The molecule has 0 aliphatic rings. The molecule has 1 rings (SSSR count). The summed E-state index contributed by atoms with van der Waals surface area (Å²) in [7, 11) is -2.62. The molecule has 8 heteroatoms. The average molecular weight is 288 g/mol. The van der Waals surface area contributed by atoms with E-state index in [-0.39, 0.29) is 18.9 Å². The number of nitrogens with one attached hydrogen (secondary N) is 1. The summed E-state index contributed by atoms with van der Waals surface area (Å²) in [5, 5.41) is 9.12. The molecule has 0 saturated carbocycles. The normalized spacial score (nSPS) is 11.3. The number of rotatable bonds is 5. The molecule has 7 nitrogen and oxygen atoms in total. The molecule has 0 heterocycles. The Labute approximate surface area is 112 Å². The largest absolute Gasteiger partial charge is 0.508 e. The molecule has 19 heavy (non-hydrogen) atoms. The van der Waals surface area contributed by atoms with Crippen molar-refractivity contribution in [3.63, 3.8) is 0 Å². The van der Waals surface area contributed by atoms with Crippen LogP contribution in [0.2, 0.25) is 0 Å². The van der Waals surface area contributed by atoms with Crippen LogP contribution in [0.3, 0.4) is 0 Å². The number of nitrogens with zero attached hydrogens (tertiary/aromatic N) is 1. The zero-order valence-corrected chi connectivity index (χ0v) is 11.5. The van der Waals surface area contributed by atoms with Crippen molar-refractivity contribution >= 4 is 16.3 Å². The number of phenolic OH excluding ortho intramolecular Hbond substituents is 1. The Hall–Kier alpha value is -1.80. The first-order valence-electron chi connectivity index (χ1n) is 5.54. The smallest absolute Gasteiger partial charge is 0.421 e. The highest BCUT2D eigenvalue weighted by Crippen LogP contribution is 2.12. The van der Waals surface area contributed by atoms with Crippen LogP contribution in [0.4, 0.5) is 4.79 Å². The predicted octanol–water partition coefficient (Wildman–Crippen LogP) is 0.815. The number of hydrogen-bond donors (Lipinski definition) is 2. The van der Waals surface area contributed by atoms with E-state index in [9.17, 15) is 13.2 Å². The van der Waals surface area contributed by atoms with Crippen LogP contribution in [0.1, 0.15) is 12.5 Å². The molecule has 0 unspecified atom stereocenters. The fraction of sp³-hybridized carbons (Fsp3) is 0.364. The van der Waals surface area contributed by atoms with Crippen molar-refractivity contribution in [2.24, 2.45) is 0 Å². The summed E-state index contributed by atoms with van der Waals surface area (Å²) in [5.74, 6) is 0.0962. The zero-order chi connectivity index (χ0) is 14.5. The van der Waals surface area contributed by atoms with Crippen molar-refractivity contribution in [2.75, 3.05) is 13.7 Å². The van der Waals surface area contributed by atoms with E-state index >= 15 is 0 Å². The van der Waals surface area contributed by atoms with E-state index in [0.717, 1.165) is 4.31 Å². The van der Waals surface area contributed by atoms with Gasteiger partial charge in [0.15, 0.2) is 0 Å². The van der Waals surface area contributed by atoms with Crippen molar-refractivity contribution in [3.05, 3.63) is 29.8 Å². The Kier molecular flexibility index (Phi) is 5.13. The summed E-state index contributed by atoms with van der Waals surface area (Å²) in [4.78, 5) is 11.1. The molecule has 2 N–H and O–H groups in total. The number of amides is 1. The highest BCUT2D eigenvalue weighted by molar-refractivity contribution is 7.87. The molecule has 1 aromatic carbocycles. The van der Waals surface area contributed by atoms with E-state index in [1.165, 1.54) is 19.2 Å². The molecule has 1 aromatic rings. The summed E-state index contributed by atoms with van der Waals surface area (Å²) in [6.45, 7) is 1.73. The lowest BCUT2D eigenvalue weighted by molar-refractivity contribution is 0.158. The van der Waals surface area contributed by atoms with Crippen molar-refractivity contribution < 1.29 is 23.1 Å². The van der Waals surface area contributed by atoms with E-state index in [1.807, 2.05) is 0 Å². The standard InChI is InChI=1S/C11H16N2O5S/c1-3-18-11(15)12-19(16,17)13(2)8-9-4-6-10(14)7-5-9/h4-7,14H,3,8H2,1-2H3,(H,12,15). The van der Waals surface area contributed by atoms with Crippen LogP contribution in [-0.4, -0.2) is 37.6 Å². The molecule has 1 amide bonds. The highest BCUT2D eigenvalue weighted by Gasteiger charge is 2.21. The Morgan fingerprint density at radius 3 is 2.47 bits per heavy atom. The second-order valence-corrected chi connectivity index (χ2v) is 5.53.